The first-order chi connectivity index (χ1) is 14.7. The zero-order chi connectivity index (χ0) is 20.9. The minimum absolute atomic E-state index is 0.197. The van der Waals surface area contributed by atoms with Crippen molar-refractivity contribution >= 4 is 23.1 Å². The number of rotatable bonds is 7. The molecule has 4 rings (SSSR count). The molecule has 30 heavy (non-hydrogen) atoms. The maximum absolute atomic E-state index is 12.6. The monoisotopic (exact) mass is 424 g/mol. The van der Waals surface area contributed by atoms with E-state index in [0.717, 1.165) is 35.0 Å². The van der Waals surface area contributed by atoms with Gasteiger partial charge in [-0.1, -0.05) is 0 Å². The topological polar surface area (TPSA) is 76.6 Å². The van der Waals surface area contributed by atoms with Crippen molar-refractivity contribution in [2.75, 3.05) is 32.2 Å². The number of hydrogen-bond donors (Lipinski definition) is 1. The molecule has 0 aliphatic carbocycles. The van der Waals surface area contributed by atoms with Gasteiger partial charge in [-0.05, 0) is 48.7 Å². The van der Waals surface area contributed by atoms with E-state index in [0.29, 0.717) is 23.7 Å². The lowest BCUT2D eigenvalue weighted by molar-refractivity contribution is 0.0946. The number of anilines is 1. The molecule has 1 N–H and O–H groups in total. The number of amides is 1. The Labute approximate surface area is 179 Å². The Morgan fingerprint density at radius 2 is 1.93 bits per heavy atom. The third-order valence-electron chi connectivity index (χ3n) is 5.06. The summed E-state index contributed by atoms with van der Waals surface area (Å²) < 4.78 is 10.6. The van der Waals surface area contributed by atoms with E-state index < -0.39 is 0 Å². The van der Waals surface area contributed by atoms with Gasteiger partial charge in [0.1, 0.15) is 16.5 Å². The van der Waals surface area contributed by atoms with Crippen molar-refractivity contribution in [1.29, 1.82) is 0 Å². The Morgan fingerprint density at radius 3 is 2.70 bits per heavy atom. The van der Waals surface area contributed by atoms with Crippen LogP contribution in [0.25, 0.3) is 10.6 Å². The predicted molar refractivity (Wildman–Crippen MR) is 118 cm³/mol. The van der Waals surface area contributed by atoms with E-state index in [-0.39, 0.29) is 5.91 Å². The smallest absolute Gasteiger partial charge is 0.271 e. The molecular formula is C22H24N4O3S. The van der Waals surface area contributed by atoms with Crippen LogP contribution in [-0.2, 0) is 6.54 Å². The highest BCUT2D eigenvalue weighted by atomic mass is 32.1. The van der Waals surface area contributed by atoms with Gasteiger partial charge in [0.05, 0.1) is 14.2 Å². The van der Waals surface area contributed by atoms with E-state index in [2.05, 4.69) is 20.2 Å². The molecule has 0 atom stereocenters. The Hall–Kier alpha value is -3.13. The number of carbonyl (C=O) groups excluding carboxylic acids is 1. The van der Waals surface area contributed by atoms with Gasteiger partial charge in [-0.25, -0.2) is 9.97 Å². The summed E-state index contributed by atoms with van der Waals surface area (Å²) in [6.07, 6.45) is 4.21. The average molecular weight is 425 g/mol. The van der Waals surface area contributed by atoms with E-state index in [1.165, 1.54) is 24.2 Å². The molecule has 1 amide bonds. The Kier molecular flexibility index (Phi) is 6.13. The molecule has 0 radical (unpaired) electrons. The van der Waals surface area contributed by atoms with E-state index in [4.69, 9.17) is 9.47 Å². The highest BCUT2D eigenvalue weighted by Crippen LogP contribution is 2.33. The van der Waals surface area contributed by atoms with Crippen LogP contribution in [0.3, 0.4) is 0 Å². The first kappa shape index (κ1) is 20.2. The minimum atomic E-state index is -0.197. The number of thiazole rings is 1. The number of ether oxygens (including phenoxy) is 2. The molecule has 156 valence electrons. The number of methoxy groups -OCH3 is 2. The van der Waals surface area contributed by atoms with Crippen LogP contribution in [0.4, 0.5) is 5.82 Å². The molecule has 8 heteroatoms. The largest absolute Gasteiger partial charge is 0.493 e. The van der Waals surface area contributed by atoms with Crippen molar-refractivity contribution in [1.82, 2.24) is 15.3 Å². The molecule has 0 spiro atoms. The van der Waals surface area contributed by atoms with Crippen molar-refractivity contribution in [3.05, 3.63) is 53.2 Å². The zero-order valence-electron chi connectivity index (χ0n) is 17.1. The molecule has 0 bridgehead atoms. The molecule has 1 aliphatic rings. The highest BCUT2D eigenvalue weighted by molar-refractivity contribution is 7.13. The van der Waals surface area contributed by atoms with Crippen LogP contribution < -0.4 is 19.7 Å². The van der Waals surface area contributed by atoms with Gasteiger partial charge in [-0.15, -0.1) is 11.3 Å². The number of carbonyl (C=O) groups is 1. The molecule has 1 saturated heterocycles. The van der Waals surface area contributed by atoms with Crippen LogP contribution in [0.5, 0.6) is 11.5 Å². The number of pyridine rings is 1. The number of hydrogen-bond acceptors (Lipinski definition) is 7. The van der Waals surface area contributed by atoms with Gasteiger partial charge in [-0.2, -0.15) is 0 Å². The maximum Gasteiger partial charge on any atom is 0.271 e. The van der Waals surface area contributed by atoms with Crippen LogP contribution in [0.15, 0.2) is 41.9 Å². The van der Waals surface area contributed by atoms with Gasteiger partial charge in [0.25, 0.3) is 5.91 Å². The lowest BCUT2D eigenvalue weighted by atomic mass is 10.2. The van der Waals surface area contributed by atoms with Crippen LogP contribution in [0.2, 0.25) is 0 Å². The fourth-order valence-electron chi connectivity index (χ4n) is 3.44. The minimum Gasteiger partial charge on any atom is -0.493 e. The number of aromatic nitrogens is 2. The van der Waals surface area contributed by atoms with Crippen LogP contribution in [0.1, 0.15) is 28.9 Å². The molecule has 1 aliphatic heterocycles. The summed E-state index contributed by atoms with van der Waals surface area (Å²) in [5.41, 5.74) is 2.30. The van der Waals surface area contributed by atoms with Gasteiger partial charge < -0.3 is 19.7 Å². The lowest BCUT2D eigenvalue weighted by Crippen LogP contribution is -2.24. The predicted octanol–water partition coefficient (Wildman–Crippen LogP) is 3.75. The number of nitrogens with one attached hydrogen (secondary N) is 1. The van der Waals surface area contributed by atoms with E-state index in [9.17, 15) is 4.79 Å². The molecule has 0 saturated carbocycles. The normalized spacial score (nSPS) is 13.3. The molecule has 3 aromatic rings. The second-order valence-electron chi connectivity index (χ2n) is 7.01. The number of benzene rings is 1. The second kappa shape index (κ2) is 9.13. The van der Waals surface area contributed by atoms with Crippen molar-refractivity contribution in [3.8, 4) is 22.1 Å². The average Bonchev–Trinajstić information content (AvgIpc) is 3.50. The number of nitrogens with zero attached hydrogens (tertiary/aromatic N) is 3. The summed E-state index contributed by atoms with van der Waals surface area (Å²) in [5.74, 6) is 2.06. The Balaban J connectivity index is 1.42. The van der Waals surface area contributed by atoms with Crippen LogP contribution in [-0.4, -0.2) is 43.2 Å². The van der Waals surface area contributed by atoms with Crippen molar-refractivity contribution in [2.24, 2.45) is 0 Å². The summed E-state index contributed by atoms with van der Waals surface area (Å²) in [6, 6.07) is 9.56. The van der Waals surface area contributed by atoms with E-state index in [1.54, 1.807) is 25.8 Å². The van der Waals surface area contributed by atoms with Crippen molar-refractivity contribution in [2.45, 2.75) is 19.4 Å². The maximum atomic E-state index is 12.6. The van der Waals surface area contributed by atoms with E-state index in [1.807, 2.05) is 30.3 Å². The fraction of sp³-hybridized carbons (Fsp3) is 0.318. The Morgan fingerprint density at radius 1 is 1.13 bits per heavy atom. The van der Waals surface area contributed by atoms with Crippen LogP contribution >= 0.6 is 11.3 Å². The van der Waals surface area contributed by atoms with Gasteiger partial charge in [0, 0.05) is 36.8 Å². The molecule has 1 aromatic carbocycles. The summed E-state index contributed by atoms with van der Waals surface area (Å²) in [7, 11) is 3.19. The second-order valence-corrected chi connectivity index (χ2v) is 7.86. The fourth-order valence-corrected chi connectivity index (χ4v) is 4.24. The van der Waals surface area contributed by atoms with Gasteiger partial charge in [0.2, 0.25) is 0 Å². The SMILES string of the molecule is COc1ccc(-c2nc(C(=O)NCc3ccnc(N4CCCC4)c3)cs2)cc1OC. The third kappa shape index (κ3) is 4.38. The lowest BCUT2D eigenvalue weighted by Gasteiger charge is -2.16. The van der Waals surface area contributed by atoms with Crippen molar-refractivity contribution in [3.63, 3.8) is 0 Å². The molecule has 7 nitrogen and oxygen atoms in total. The van der Waals surface area contributed by atoms with Gasteiger partial charge in [0.15, 0.2) is 11.5 Å². The quantitative estimate of drug-likeness (QED) is 0.623. The van der Waals surface area contributed by atoms with Crippen molar-refractivity contribution < 1.29 is 14.3 Å². The van der Waals surface area contributed by atoms with Gasteiger partial charge in [-0.3, -0.25) is 4.79 Å². The van der Waals surface area contributed by atoms with Gasteiger partial charge >= 0.3 is 0 Å². The molecule has 2 aromatic heterocycles. The summed E-state index contributed by atoms with van der Waals surface area (Å²) >= 11 is 1.42. The molecule has 0 unspecified atom stereocenters. The van der Waals surface area contributed by atoms with Crippen LogP contribution in [0, 0.1) is 0 Å². The zero-order valence-corrected chi connectivity index (χ0v) is 17.9. The van der Waals surface area contributed by atoms with E-state index >= 15 is 0 Å². The summed E-state index contributed by atoms with van der Waals surface area (Å²) in [5, 5.41) is 5.47. The first-order valence-electron chi connectivity index (χ1n) is 9.84. The summed E-state index contributed by atoms with van der Waals surface area (Å²) in [4.78, 5) is 23.8. The molecule has 3 heterocycles. The molecule has 1 fully saturated rings. The molecular weight excluding hydrogens is 400 g/mol. The first-order valence-corrected chi connectivity index (χ1v) is 10.7. The standard InChI is InChI=1S/C22H24N4O3S/c1-28-18-6-5-16(12-19(18)29-2)22-25-17(14-30-22)21(27)24-13-15-7-8-23-20(11-15)26-9-3-4-10-26/h5-8,11-12,14H,3-4,9-10,13H2,1-2H3,(H,24,27). The third-order valence-corrected chi connectivity index (χ3v) is 5.95. The Bertz CT molecular complexity index is 1030. The summed E-state index contributed by atoms with van der Waals surface area (Å²) in [6.45, 7) is 2.52. The highest BCUT2D eigenvalue weighted by Gasteiger charge is 2.15.